The third-order valence-corrected chi connectivity index (χ3v) is 1.76. The van der Waals surface area contributed by atoms with Crippen molar-refractivity contribution in [1.29, 1.82) is 0 Å². The highest BCUT2D eigenvalue weighted by Crippen LogP contribution is 2.06. The standard InChI is InChI=1S/C11H24N2O4/c1-11(2,3)17-10(14)13-9(7-12)8-16-6-5-15-4/h9H,5-8,12H2,1-4H3,(H,13,14)/t9-/m0/s1. The first-order valence-corrected chi connectivity index (χ1v) is 5.65. The molecule has 0 saturated heterocycles. The van der Waals surface area contributed by atoms with Crippen molar-refractivity contribution in [2.45, 2.75) is 32.4 Å². The van der Waals surface area contributed by atoms with Crippen LogP contribution in [-0.2, 0) is 14.2 Å². The van der Waals surface area contributed by atoms with Crippen molar-refractivity contribution in [2.24, 2.45) is 5.73 Å². The zero-order chi connectivity index (χ0) is 13.3. The molecule has 1 amide bonds. The van der Waals surface area contributed by atoms with Gasteiger partial charge in [-0.1, -0.05) is 0 Å². The smallest absolute Gasteiger partial charge is 0.407 e. The van der Waals surface area contributed by atoms with E-state index in [2.05, 4.69) is 5.32 Å². The molecule has 102 valence electrons. The summed E-state index contributed by atoms with van der Waals surface area (Å²) in [6.07, 6.45) is -0.483. The Kier molecular flexibility index (Phi) is 7.86. The maximum absolute atomic E-state index is 11.4. The van der Waals surface area contributed by atoms with Gasteiger partial charge in [-0.05, 0) is 20.8 Å². The summed E-state index contributed by atoms with van der Waals surface area (Å²) in [7, 11) is 1.60. The Balaban J connectivity index is 3.83. The minimum atomic E-state index is -0.514. The first-order chi connectivity index (χ1) is 7.89. The summed E-state index contributed by atoms with van der Waals surface area (Å²) < 4.78 is 15.2. The summed E-state index contributed by atoms with van der Waals surface area (Å²) in [5.74, 6) is 0. The number of hydrogen-bond acceptors (Lipinski definition) is 5. The summed E-state index contributed by atoms with van der Waals surface area (Å²) in [5, 5.41) is 2.65. The molecule has 0 rings (SSSR count). The SMILES string of the molecule is COCCOC[C@H](CN)NC(=O)OC(C)(C)C. The number of ether oxygens (including phenoxy) is 3. The van der Waals surface area contributed by atoms with E-state index in [9.17, 15) is 4.79 Å². The van der Waals surface area contributed by atoms with Crippen LogP contribution in [0, 0.1) is 0 Å². The monoisotopic (exact) mass is 248 g/mol. The molecule has 0 spiro atoms. The van der Waals surface area contributed by atoms with Crippen LogP contribution in [-0.4, -0.2) is 51.2 Å². The molecule has 0 saturated carbocycles. The van der Waals surface area contributed by atoms with Crippen LogP contribution in [0.15, 0.2) is 0 Å². The summed E-state index contributed by atoms with van der Waals surface area (Å²) in [6.45, 7) is 7.05. The fourth-order valence-corrected chi connectivity index (χ4v) is 1.01. The Morgan fingerprint density at radius 2 is 2.00 bits per heavy atom. The molecule has 6 nitrogen and oxygen atoms in total. The Morgan fingerprint density at radius 3 is 2.47 bits per heavy atom. The van der Waals surface area contributed by atoms with E-state index in [-0.39, 0.29) is 6.04 Å². The van der Waals surface area contributed by atoms with Gasteiger partial charge in [0, 0.05) is 13.7 Å². The zero-order valence-corrected chi connectivity index (χ0v) is 11.1. The first-order valence-electron chi connectivity index (χ1n) is 5.65. The maximum Gasteiger partial charge on any atom is 0.407 e. The van der Waals surface area contributed by atoms with Gasteiger partial charge in [0.2, 0.25) is 0 Å². The molecule has 0 aromatic rings. The van der Waals surface area contributed by atoms with Crippen LogP contribution in [0.1, 0.15) is 20.8 Å². The normalized spacial score (nSPS) is 13.2. The van der Waals surface area contributed by atoms with Crippen molar-refractivity contribution in [3.8, 4) is 0 Å². The van der Waals surface area contributed by atoms with Gasteiger partial charge >= 0.3 is 6.09 Å². The number of rotatable bonds is 7. The van der Waals surface area contributed by atoms with Gasteiger partial charge in [-0.3, -0.25) is 0 Å². The van der Waals surface area contributed by atoms with E-state index in [4.69, 9.17) is 19.9 Å². The molecule has 0 radical (unpaired) electrons. The summed E-state index contributed by atoms with van der Waals surface area (Å²) >= 11 is 0. The Morgan fingerprint density at radius 1 is 1.35 bits per heavy atom. The molecular weight excluding hydrogens is 224 g/mol. The molecule has 0 aromatic heterocycles. The molecular formula is C11H24N2O4. The predicted octanol–water partition coefficient (Wildman–Crippen LogP) is 0.501. The van der Waals surface area contributed by atoms with Gasteiger partial charge in [0.15, 0.2) is 0 Å². The fraction of sp³-hybridized carbons (Fsp3) is 0.909. The molecule has 0 aliphatic carbocycles. The average molecular weight is 248 g/mol. The molecule has 0 aliphatic heterocycles. The third kappa shape index (κ3) is 10.0. The fourth-order valence-electron chi connectivity index (χ4n) is 1.01. The van der Waals surface area contributed by atoms with Gasteiger partial charge in [-0.15, -0.1) is 0 Å². The lowest BCUT2D eigenvalue weighted by molar-refractivity contribution is 0.0380. The van der Waals surface area contributed by atoms with Gasteiger partial charge in [-0.25, -0.2) is 4.79 Å². The van der Waals surface area contributed by atoms with Crippen LogP contribution in [0.2, 0.25) is 0 Å². The van der Waals surface area contributed by atoms with E-state index in [1.165, 1.54) is 0 Å². The highest BCUT2D eigenvalue weighted by molar-refractivity contribution is 5.68. The minimum absolute atomic E-state index is 0.248. The van der Waals surface area contributed by atoms with Crippen molar-refractivity contribution in [1.82, 2.24) is 5.32 Å². The minimum Gasteiger partial charge on any atom is -0.444 e. The number of carbonyl (C=O) groups is 1. The highest BCUT2D eigenvalue weighted by Gasteiger charge is 2.18. The van der Waals surface area contributed by atoms with Gasteiger partial charge in [0.25, 0.3) is 0 Å². The molecule has 1 atom stereocenters. The number of amides is 1. The molecule has 3 N–H and O–H groups in total. The molecule has 0 unspecified atom stereocenters. The van der Waals surface area contributed by atoms with E-state index in [1.807, 2.05) is 0 Å². The zero-order valence-electron chi connectivity index (χ0n) is 11.1. The Hall–Kier alpha value is -0.850. The Bertz CT molecular complexity index is 216. The van der Waals surface area contributed by atoms with Crippen LogP contribution in [0.5, 0.6) is 0 Å². The van der Waals surface area contributed by atoms with E-state index < -0.39 is 11.7 Å². The molecule has 0 bridgehead atoms. The van der Waals surface area contributed by atoms with Crippen LogP contribution in [0.4, 0.5) is 4.79 Å². The highest BCUT2D eigenvalue weighted by atomic mass is 16.6. The average Bonchev–Trinajstić information content (AvgIpc) is 2.20. The van der Waals surface area contributed by atoms with Gasteiger partial charge in [0.1, 0.15) is 5.60 Å². The predicted molar refractivity (Wildman–Crippen MR) is 64.9 cm³/mol. The lowest BCUT2D eigenvalue weighted by Crippen LogP contribution is -2.45. The summed E-state index contributed by atoms with van der Waals surface area (Å²) in [4.78, 5) is 11.4. The Labute approximate surface area is 103 Å². The van der Waals surface area contributed by atoms with Crippen molar-refractivity contribution in [3.05, 3.63) is 0 Å². The van der Waals surface area contributed by atoms with E-state index in [0.717, 1.165) is 0 Å². The lowest BCUT2D eigenvalue weighted by atomic mass is 10.2. The largest absolute Gasteiger partial charge is 0.444 e. The van der Waals surface area contributed by atoms with E-state index >= 15 is 0 Å². The third-order valence-electron chi connectivity index (χ3n) is 1.76. The summed E-state index contributed by atoms with van der Waals surface area (Å²) in [5.41, 5.74) is 5.00. The van der Waals surface area contributed by atoms with Crippen LogP contribution in [0.3, 0.4) is 0 Å². The van der Waals surface area contributed by atoms with Gasteiger partial charge in [0.05, 0.1) is 25.9 Å². The van der Waals surface area contributed by atoms with Crippen molar-refractivity contribution < 1.29 is 19.0 Å². The molecule has 0 fully saturated rings. The number of hydrogen-bond donors (Lipinski definition) is 2. The van der Waals surface area contributed by atoms with Crippen LogP contribution in [0.25, 0.3) is 0 Å². The number of nitrogens with one attached hydrogen (secondary N) is 1. The quantitative estimate of drug-likeness (QED) is 0.641. The van der Waals surface area contributed by atoms with Crippen LogP contribution < -0.4 is 11.1 Å². The van der Waals surface area contributed by atoms with Crippen molar-refractivity contribution in [2.75, 3.05) is 33.5 Å². The van der Waals surface area contributed by atoms with Crippen molar-refractivity contribution in [3.63, 3.8) is 0 Å². The molecule has 6 heteroatoms. The van der Waals surface area contributed by atoms with Gasteiger partial charge in [-0.2, -0.15) is 0 Å². The number of methoxy groups -OCH3 is 1. The molecule has 0 aliphatic rings. The number of nitrogens with two attached hydrogens (primary N) is 1. The van der Waals surface area contributed by atoms with Crippen molar-refractivity contribution >= 4 is 6.09 Å². The molecule has 0 aromatic carbocycles. The summed E-state index contributed by atoms with van der Waals surface area (Å²) in [6, 6.07) is -0.248. The number of carbonyl (C=O) groups excluding carboxylic acids is 1. The second-order valence-corrected chi connectivity index (χ2v) is 4.65. The second-order valence-electron chi connectivity index (χ2n) is 4.65. The molecule has 0 heterocycles. The topological polar surface area (TPSA) is 82.8 Å². The van der Waals surface area contributed by atoms with Gasteiger partial charge < -0.3 is 25.3 Å². The first kappa shape index (κ1) is 16.1. The second kappa shape index (κ2) is 8.27. The lowest BCUT2D eigenvalue weighted by Gasteiger charge is -2.22. The maximum atomic E-state index is 11.4. The van der Waals surface area contributed by atoms with E-state index in [1.54, 1.807) is 27.9 Å². The van der Waals surface area contributed by atoms with Crippen LogP contribution >= 0.6 is 0 Å². The van der Waals surface area contributed by atoms with E-state index in [0.29, 0.717) is 26.4 Å². The molecule has 17 heavy (non-hydrogen) atoms. The number of alkyl carbamates (subject to hydrolysis) is 1.